The van der Waals surface area contributed by atoms with E-state index in [-0.39, 0.29) is 17.2 Å². The van der Waals surface area contributed by atoms with Gasteiger partial charge in [0.1, 0.15) is 0 Å². The molecule has 1 amide bonds. The Labute approximate surface area is 122 Å². The Kier molecular flexibility index (Phi) is 4.46. The number of nitro groups is 1. The number of hydrogen-bond acceptors (Lipinski definition) is 4. The van der Waals surface area contributed by atoms with Gasteiger partial charge in [-0.05, 0) is 28.1 Å². The first-order valence-corrected chi connectivity index (χ1v) is 6.57. The van der Waals surface area contributed by atoms with Crippen LogP contribution in [0.15, 0.2) is 41.1 Å². The van der Waals surface area contributed by atoms with E-state index in [9.17, 15) is 14.9 Å². The summed E-state index contributed by atoms with van der Waals surface area (Å²) in [6.07, 6.45) is 3.44. The van der Waals surface area contributed by atoms with Gasteiger partial charge in [-0.1, -0.05) is 0 Å². The van der Waals surface area contributed by atoms with Crippen LogP contribution in [-0.2, 0) is 6.54 Å². The molecule has 20 heavy (non-hydrogen) atoms. The number of rotatable bonds is 5. The Morgan fingerprint density at radius 3 is 2.95 bits per heavy atom. The van der Waals surface area contributed by atoms with Gasteiger partial charge in [0.25, 0.3) is 11.6 Å². The number of benzene rings is 1. The van der Waals surface area contributed by atoms with Crippen LogP contribution >= 0.6 is 15.9 Å². The smallest absolute Gasteiger partial charge is 0.270 e. The largest absolute Gasteiger partial charge is 0.350 e. The van der Waals surface area contributed by atoms with Crippen LogP contribution in [0.5, 0.6) is 0 Å². The van der Waals surface area contributed by atoms with Crippen LogP contribution in [-0.4, -0.2) is 27.2 Å². The maximum absolute atomic E-state index is 12.0. The van der Waals surface area contributed by atoms with Crippen molar-refractivity contribution >= 4 is 27.5 Å². The van der Waals surface area contributed by atoms with Crippen molar-refractivity contribution in [1.29, 1.82) is 0 Å². The molecule has 7 nitrogen and oxygen atoms in total. The minimum atomic E-state index is -0.535. The Morgan fingerprint density at radius 2 is 2.30 bits per heavy atom. The van der Waals surface area contributed by atoms with Gasteiger partial charge in [0.2, 0.25) is 0 Å². The number of non-ortho nitro benzene ring substituents is 1. The number of amides is 1. The molecule has 0 bridgehead atoms. The molecule has 8 heteroatoms. The van der Waals surface area contributed by atoms with Crippen LogP contribution in [0.4, 0.5) is 5.69 Å². The van der Waals surface area contributed by atoms with Crippen LogP contribution < -0.4 is 5.32 Å². The molecule has 0 saturated carbocycles. The number of nitrogens with zero attached hydrogens (tertiary/aromatic N) is 3. The summed E-state index contributed by atoms with van der Waals surface area (Å²) in [7, 11) is 0. The van der Waals surface area contributed by atoms with E-state index in [1.54, 1.807) is 23.1 Å². The van der Waals surface area contributed by atoms with E-state index in [1.807, 2.05) is 0 Å². The first-order chi connectivity index (χ1) is 9.58. The average molecular weight is 339 g/mol. The predicted molar refractivity (Wildman–Crippen MR) is 75.4 cm³/mol. The van der Waals surface area contributed by atoms with E-state index in [0.717, 1.165) is 0 Å². The van der Waals surface area contributed by atoms with Crippen LogP contribution in [0.3, 0.4) is 0 Å². The summed E-state index contributed by atoms with van der Waals surface area (Å²) in [6.45, 7) is 0.918. The van der Waals surface area contributed by atoms with E-state index in [4.69, 9.17) is 0 Å². The molecule has 1 aromatic carbocycles. The molecule has 0 aliphatic carbocycles. The van der Waals surface area contributed by atoms with Gasteiger partial charge in [0.15, 0.2) is 0 Å². The number of carbonyl (C=O) groups excluding carboxylic acids is 1. The molecule has 1 aromatic heterocycles. The van der Waals surface area contributed by atoms with Crippen molar-refractivity contribution in [3.05, 3.63) is 56.8 Å². The second kappa shape index (κ2) is 6.29. The van der Waals surface area contributed by atoms with E-state index >= 15 is 0 Å². The number of carbonyl (C=O) groups is 1. The third-order valence-corrected chi connectivity index (χ3v) is 3.28. The first kappa shape index (κ1) is 14.2. The number of nitro benzene ring substituents is 1. The maximum Gasteiger partial charge on any atom is 0.270 e. The van der Waals surface area contributed by atoms with Crippen molar-refractivity contribution in [1.82, 2.24) is 15.1 Å². The topological polar surface area (TPSA) is 90.1 Å². The van der Waals surface area contributed by atoms with Crippen molar-refractivity contribution in [2.24, 2.45) is 0 Å². The molecule has 0 radical (unpaired) electrons. The highest BCUT2D eigenvalue weighted by Crippen LogP contribution is 2.22. The van der Waals surface area contributed by atoms with Crippen molar-refractivity contribution in [3.63, 3.8) is 0 Å². The van der Waals surface area contributed by atoms with Gasteiger partial charge in [0, 0.05) is 35.5 Å². The van der Waals surface area contributed by atoms with Crippen molar-refractivity contribution in [2.45, 2.75) is 6.54 Å². The maximum atomic E-state index is 12.0. The number of aromatic nitrogens is 2. The molecule has 0 aliphatic heterocycles. The summed E-state index contributed by atoms with van der Waals surface area (Å²) < 4.78 is 2.20. The predicted octanol–water partition coefficient (Wildman–Crippen LogP) is 1.98. The number of hydrogen-bond donors (Lipinski definition) is 1. The molecule has 0 atom stereocenters. The van der Waals surface area contributed by atoms with E-state index in [1.165, 1.54) is 18.2 Å². The number of halogens is 1. The molecule has 0 saturated heterocycles. The van der Waals surface area contributed by atoms with Crippen LogP contribution in [0.2, 0.25) is 0 Å². The summed E-state index contributed by atoms with van der Waals surface area (Å²) in [5.41, 5.74) is 0.116. The van der Waals surface area contributed by atoms with Gasteiger partial charge in [-0.15, -0.1) is 0 Å². The van der Waals surface area contributed by atoms with E-state index in [0.29, 0.717) is 17.6 Å². The Morgan fingerprint density at radius 1 is 1.50 bits per heavy atom. The van der Waals surface area contributed by atoms with Crippen LogP contribution in [0.25, 0.3) is 0 Å². The summed E-state index contributed by atoms with van der Waals surface area (Å²) in [5, 5.41) is 17.4. The van der Waals surface area contributed by atoms with Gasteiger partial charge in [0.05, 0.1) is 17.0 Å². The summed E-state index contributed by atoms with van der Waals surface area (Å²) in [5.74, 6) is -0.368. The first-order valence-electron chi connectivity index (χ1n) is 5.77. The van der Waals surface area contributed by atoms with Crippen LogP contribution in [0, 0.1) is 10.1 Å². The minimum Gasteiger partial charge on any atom is -0.350 e. The Bertz CT molecular complexity index is 628. The zero-order valence-electron chi connectivity index (χ0n) is 10.3. The zero-order chi connectivity index (χ0) is 14.5. The van der Waals surface area contributed by atoms with Crippen molar-refractivity contribution < 1.29 is 9.72 Å². The lowest BCUT2D eigenvalue weighted by atomic mass is 10.2. The van der Waals surface area contributed by atoms with Gasteiger partial charge in [-0.3, -0.25) is 19.6 Å². The lowest BCUT2D eigenvalue weighted by molar-refractivity contribution is -0.384. The molecule has 1 heterocycles. The number of nitrogens with one attached hydrogen (secondary N) is 1. The summed E-state index contributed by atoms with van der Waals surface area (Å²) >= 11 is 3.21. The molecule has 1 N–H and O–H groups in total. The molecule has 2 rings (SSSR count). The average Bonchev–Trinajstić information content (AvgIpc) is 2.92. The molecular weight excluding hydrogens is 328 g/mol. The molecule has 0 unspecified atom stereocenters. The van der Waals surface area contributed by atoms with Gasteiger partial charge >= 0.3 is 0 Å². The standard InChI is InChI=1S/C12H11BrN4O3/c13-11-3-2-9(17(19)20)8-10(11)12(18)14-5-7-16-6-1-4-15-16/h1-4,6,8H,5,7H2,(H,14,18). The van der Waals surface area contributed by atoms with Crippen molar-refractivity contribution in [2.75, 3.05) is 6.54 Å². The molecular formula is C12H11BrN4O3. The SMILES string of the molecule is O=C(NCCn1cccn1)c1cc([N+](=O)[O-])ccc1Br. The molecule has 0 aliphatic rings. The highest BCUT2D eigenvalue weighted by atomic mass is 79.9. The lowest BCUT2D eigenvalue weighted by Crippen LogP contribution is -2.27. The highest BCUT2D eigenvalue weighted by Gasteiger charge is 2.15. The monoisotopic (exact) mass is 338 g/mol. The molecule has 104 valence electrons. The second-order valence-corrected chi connectivity index (χ2v) is 4.80. The van der Waals surface area contributed by atoms with Gasteiger partial charge in [-0.2, -0.15) is 5.10 Å². The van der Waals surface area contributed by atoms with Gasteiger partial charge in [-0.25, -0.2) is 0 Å². The summed E-state index contributed by atoms with van der Waals surface area (Å²) in [4.78, 5) is 22.1. The molecule has 0 spiro atoms. The Balaban J connectivity index is 2.01. The third-order valence-electron chi connectivity index (χ3n) is 2.59. The van der Waals surface area contributed by atoms with Gasteiger partial charge < -0.3 is 5.32 Å². The van der Waals surface area contributed by atoms with Crippen LogP contribution in [0.1, 0.15) is 10.4 Å². The third kappa shape index (κ3) is 3.41. The highest BCUT2D eigenvalue weighted by molar-refractivity contribution is 9.10. The molecule has 2 aromatic rings. The Hall–Kier alpha value is -2.22. The molecule has 0 fully saturated rings. The van der Waals surface area contributed by atoms with E-state index < -0.39 is 4.92 Å². The normalized spacial score (nSPS) is 10.2. The second-order valence-electron chi connectivity index (χ2n) is 3.95. The fraction of sp³-hybridized carbons (Fsp3) is 0.167. The van der Waals surface area contributed by atoms with E-state index in [2.05, 4.69) is 26.3 Å². The fourth-order valence-corrected chi connectivity index (χ4v) is 2.04. The zero-order valence-corrected chi connectivity index (χ0v) is 11.9. The lowest BCUT2D eigenvalue weighted by Gasteiger charge is -2.07. The minimum absolute atomic E-state index is 0.120. The fourth-order valence-electron chi connectivity index (χ4n) is 1.61. The summed E-state index contributed by atoms with van der Waals surface area (Å²) in [6, 6.07) is 5.86. The van der Waals surface area contributed by atoms with Crippen molar-refractivity contribution in [3.8, 4) is 0 Å². The quantitative estimate of drug-likeness (QED) is 0.666.